The zero-order valence-corrected chi connectivity index (χ0v) is 14.4. The topological polar surface area (TPSA) is 107 Å². The maximum Gasteiger partial charge on any atom is 0.328 e. The first-order chi connectivity index (χ1) is 11.9. The van der Waals surface area contributed by atoms with Crippen LogP contribution in [0.1, 0.15) is 5.56 Å². The number of phenols is 1. The van der Waals surface area contributed by atoms with Gasteiger partial charge in [0.2, 0.25) is 0 Å². The molecule has 0 fully saturated rings. The van der Waals surface area contributed by atoms with Crippen molar-refractivity contribution in [2.75, 3.05) is 7.05 Å². The van der Waals surface area contributed by atoms with Gasteiger partial charge >= 0.3 is 11.9 Å². The molecule has 132 valence electrons. The number of hydrogen-bond acceptors (Lipinski definition) is 5. The van der Waals surface area contributed by atoms with E-state index >= 15 is 0 Å². The van der Waals surface area contributed by atoms with Gasteiger partial charge in [-0.2, -0.15) is 0 Å². The van der Waals surface area contributed by atoms with Crippen LogP contribution in [-0.2, 0) is 16.1 Å². The molecule has 0 aliphatic carbocycles. The predicted molar refractivity (Wildman–Crippen MR) is 95.8 cm³/mol. The summed E-state index contributed by atoms with van der Waals surface area (Å²) in [6, 6.07) is 15.6. The molecule has 0 aliphatic heterocycles. The zero-order chi connectivity index (χ0) is 18.7. The number of aliphatic carboxylic acids is 2. The fraction of sp³-hybridized carbons (Fsp3) is 0.111. The second kappa shape index (κ2) is 10.9. The van der Waals surface area contributed by atoms with E-state index in [-0.39, 0.29) is 0 Å². The third-order valence-corrected chi connectivity index (χ3v) is 3.86. The summed E-state index contributed by atoms with van der Waals surface area (Å²) in [5.74, 6) is -2.21. The average molecular weight is 361 g/mol. The molecule has 0 aliphatic rings. The van der Waals surface area contributed by atoms with Gasteiger partial charge in [-0.05, 0) is 36.9 Å². The first-order valence-electron chi connectivity index (χ1n) is 7.25. The Morgan fingerprint density at radius 3 is 2.24 bits per heavy atom. The quantitative estimate of drug-likeness (QED) is 0.586. The molecule has 0 aromatic heterocycles. The Bertz CT molecular complexity index is 730. The van der Waals surface area contributed by atoms with Crippen LogP contribution in [0.25, 0.3) is 0 Å². The molecule has 7 heteroatoms. The molecule has 0 spiro atoms. The Morgan fingerprint density at radius 1 is 1.04 bits per heavy atom. The molecule has 0 saturated heterocycles. The van der Waals surface area contributed by atoms with Crippen molar-refractivity contribution in [1.82, 2.24) is 5.32 Å². The molecular weight excluding hydrogens is 342 g/mol. The number of aromatic hydroxyl groups is 1. The molecule has 0 saturated carbocycles. The summed E-state index contributed by atoms with van der Waals surface area (Å²) >= 11 is 1.67. The fourth-order valence-electron chi connectivity index (χ4n) is 1.76. The number of benzene rings is 2. The Morgan fingerprint density at radius 2 is 1.68 bits per heavy atom. The maximum absolute atomic E-state index is 9.55. The van der Waals surface area contributed by atoms with Crippen molar-refractivity contribution in [2.24, 2.45) is 0 Å². The zero-order valence-electron chi connectivity index (χ0n) is 13.5. The van der Waals surface area contributed by atoms with Gasteiger partial charge in [0.05, 0.1) is 0 Å². The molecule has 4 N–H and O–H groups in total. The van der Waals surface area contributed by atoms with Crippen molar-refractivity contribution in [3.8, 4) is 5.75 Å². The summed E-state index contributed by atoms with van der Waals surface area (Å²) in [4.78, 5) is 21.4. The van der Waals surface area contributed by atoms with E-state index in [2.05, 4.69) is 17.4 Å². The van der Waals surface area contributed by atoms with Crippen molar-refractivity contribution in [3.63, 3.8) is 0 Å². The van der Waals surface area contributed by atoms with Gasteiger partial charge in [0.15, 0.2) is 0 Å². The van der Waals surface area contributed by atoms with Crippen LogP contribution in [0.2, 0.25) is 0 Å². The molecule has 0 unspecified atom stereocenters. The second-order valence-corrected chi connectivity index (χ2v) is 5.86. The molecule has 2 aromatic carbocycles. The summed E-state index contributed by atoms with van der Waals surface area (Å²) in [7, 11) is 1.94. The first kappa shape index (κ1) is 20.3. The molecule has 25 heavy (non-hydrogen) atoms. The highest BCUT2D eigenvalue weighted by molar-refractivity contribution is 7.99. The van der Waals surface area contributed by atoms with Crippen molar-refractivity contribution < 1.29 is 24.9 Å². The van der Waals surface area contributed by atoms with E-state index in [1.165, 1.54) is 10.5 Å². The minimum Gasteiger partial charge on any atom is -0.508 e. The van der Waals surface area contributed by atoms with Gasteiger partial charge in [-0.15, -0.1) is 0 Å². The van der Waals surface area contributed by atoms with Crippen molar-refractivity contribution in [1.29, 1.82) is 0 Å². The maximum atomic E-state index is 9.55. The largest absolute Gasteiger partial charge is 0.508 e. The van der Waals surface area contributed by atoms with E-state index in [9.17, 15) is 14.7 Å². The molecule has 6 nitrogen and oxygen atoms in total. The summed E-state index contributed by atoms with van der Waals surface area (Å²) in [6.07, 6.45) is 1.12. The standard InChI is InChI=1S/C14H15NOS.C4H4O4/c1-15-10-11-5-2-3-8-14(11)17-13-7-4-6-12(16)9-13;5-3(6)1-2-4(7)8/h2-9,15-16H,10H2,1H3;1-2H,(H,5,6)(H,7,8). The Labute approximate surface area is 149 Å². The summed E-state index contributed by atoms with van der Waals surface area (Å²) in [5.41, 5.74) is 1.27. The van der Waals surface area contributed by atoms with Crippen molar-refractivity contribution in [3.05, 3.63) is 66.2 Å². The van der Waals surface area contributed by atoms with Crippen LogP contribution >= 0.6 is 11.8 Å². The van der Waals surface area contributed by atoms with Crippen LogP contribution in [0.15, 0.2) is 70.5 Å². The molecule has 0 atom stereocenters. The molecule has 2 rings (SSSR count). The van der Waals surface area contributed by atoms with E-state index in [1.807, 2.05) is 31.3 Å². The molecule has 0 radical (unpaired) electrons. The van der Waals surface area contributed by atoms with Gasteiger partial charge in [0.25, 0.3) is 0 Å². The summed E-state index contributed by atoms with van der Waals surface area (Å²) in [5, 5.41) is 28.2. The normalized spacial score (nSPS) is 10.1. The highest BCUT2D eigenvalue weighted by Crippen LogP contribution is 2.31. The van der Waals surface area contributed by atoms with Gasteiger partial charge in [0.1, 0.15) is 5.75 Å². The second-order valence-electron chi connectivity index (χ2n) is 4.75. The third kappa shape index (κ3) is 8.59. The van der Waals surface area contributed by atoms with E-state index in [1.54, 1.807) is 23.9 Å². The lowest BCUT2D eigenvalue weighted by molar-refractivity contribution is -0.134. The van der Waals surface area contributed by atoms with E-state index in [0.29, 0.717) is 17.9 Å². The van der Waals surface area contributed by atoms with Crippen LogP contribution in [-0.4, -0.2) is 34.3 Å². The monoisotopic (exact) mass is 361 g/mol. The number of carboxylic acids is 2. The van der Waals surface area contributed by atoms with Crippen LogP contribution < -0.4 is 5.32 Å². The number of phenolic OH excluding ortho intramolecular Hbond substituents is 1. The Hall–Kier alpha value is -2.77. The van der Waals surface area contributed by atoms with Crippen molar-refractivity contribution in [2.45, 2.75) is 16.3 Å². The fourth-order valence-corrected chi connectivity index (χ4v) is 2.75. The third-order valence-electron chi connectivity index (χ3n) is 2.75. The lowest BCUT2D eigenvalue weighted by Crippen LogP contribution is -2.05. The van der Waals surface area contributed by atoms with Crippen molar-refractivity contribution >= 4 is 23.7 Å². The minimum absolute atomic E-state index is 0.307. The lowest BCUT2D eigenvalue weighted by Gasteiger charge is -2.08. The molecule has 2 aromatic rings. The average Bonchev–Trinajstić information content (AvgIpc) is 2.56. The van der Waals surface area contributed by atoms with Gasteiger partial charge in [0, 0.05) is 28.5 Å². The van der Waals surface area contributed by atoms with Gasteiger partial charge in [-0.25, -0.2) is 9.59 Å². The van der Waals surface area contributed by atoms with Gasteiger partial charge in [-0.1, -0.05) is 36.0 Å². The summed E-state index contributed by atoms with van der Waals surface area (Å²) in [6.45, 7) is 0.849. The van der Waals surface area contributed by atoms with E-state index in [4.69, 9.17) is 10.2 Å². The summed E-state index contributed by atoms with van der Waals surface area (Å²) < 4.78 is 0. The van der Waals surface area contributed by atoms with E-state index < -0.39 is 11.9 Å². The predicted octanol–water partition coefficient (Wildman–Crippen LogP) is 2.97. The van der Waals surface area contributed by atoms with Gasteiger partial charge < -0.3 is 20.6 Å². The highest BCUT2D eigenvalue weighted by Gasteiger charge is 2.03. The number of carboxylic acid groups (broad SMARTS) is 2. The molecule has 0 heterocycles. The number of rotatable bonds is 6. The van der Waals surface area contributed by atoms with Crippen LogP contribution in [0.5, 0.6) is 5.75 Å². The smallest absolute Gasteiger partial charge is 0.328 e. The highest BCUT2D eigenvalue weighted by atomic mass is 32.2. The number of hydrogen-bond donors (Lipinski definition) is 4. The first-order valence-corrected chi connectivity index (χ1v) is 8.07. The number of carbonyl (C=O) groups is 2. The van der Waals surface area contributed by atoms with Crippen LogP contribution in [0.4, 0.5) is 0 Å². The van der Waals surface area contributed by atoms with Crippen LogP contribution in [0, 0.1) is 0 Å². The molecular formula is C18H19NO5S. The lowest BCUT2D eigenvalue weighted by atomic mass is 10.2. The molecule has 0 bridgehead atoms. The van der Waals surface area contributed by atoms with E-state index in [0.717, 1.165) is 11.4 Å². The minimum atomic E-state index is -1.26. The van der Waals surface area contributed by atoms with Gasteiger partial charge in [-0.3, -0.25) is 0 Å². The number of nitrogens with one attached hydrogen (secondary N) is 1. The van der Waals surface area contributed by atoms with Crippen LogP contribution in [0.3, 0.4) is 0 Å². The molecule has 0 amide bonds. The SMILES string of the molecule is CNCc1ccccc1Sc1cccc(O)c1.O=C(O)C=CC(=O)O. The Balaban J connectivity index is 0.000000333. The Kier molecular flexibility index (Phi) is 8.84.